The molecule has 10 rings (SSSR count). The normalized spacial score (nSPS) is 14.8. The number of nitrogens with one attached hydrogen (secondary N) is 1. The Morgan fingerprint density at radius 2 is 1.27 bits per heavy atom. The average Bonchev–Trinajstić information content (AvgIpc) is 2.32. The third-order valence-electron chi connectivity index (χ3n) is 13.4. The minimum absolute atomic E-state index is 0.00217. The van der Waals surface area contributed by atoms with E-state index in [1.54, 1.807) is 30.6 Å². The number of anilines is 3. The van der Waals surface area contributed by atoms with Crippen molar-refractivity contribution in [2.75, 3.05) is 113 Å². The number of carbonyl (C=O) groups excluding carboxylic acids is 3. The topological polar surface area (TPSA) is 378 Å². The van der Waals surface area contributed by atoms with E-state index < -0.39 is 42.1 Å². The van der Waals surface area contributed by atoms with Crippen LogP contribution in [0.15, 0.2) is 106 Å². The molecular weight excluding hydrogens is 1270 g/mol. The second-order valence-electron chi connectivity index (χ2n) is 19.9. The van der Waals surface area contributed by atoms with E-state index in [0.29, 0.717) is 88.5 Å². The zero-order valence-electron chi connectivity index (χ0n) is 49.1. The summed E-state index contributed by atoms with van der Waals surface area (Å²) in [7, 11) is 2.09. The highest BCUT2D eigenvalue weighted by atomic mass is 35.5. The molecule has 3 fully saturated rings. The molecular formula is C55H62ClF3N20O9S3. The Balaban J connectivity index is 0.000000184. The number of carboxylic acid groups (broad SMARTS) is 3. The molecule has 29 nitrogen and oxygen atoms in total. The van der Waals surface area contributed by atoms with Crippen LogP contribution in [-0.2, 0) is 27.1 Å². The molecule has 0 saturated carbocycles. The lowest BCUT2D eigenvalue weighted by Crippen LogP contribution is -2.48. The van der Waals surface area contributed by atoms with Gasteiger partial charge in [0.2, 0.25) is 5.82 Å². The second kappa shape index (κ2) is 32.8. The number of carbonyl (C=O) groups is 6. The number of tetrazole rings is 1. The zero-order chi connectivity index (χ0) is 65.8. The number of amidine groups is 2. The van der Waals surface area contributed by atoms with Crippen molar-refractivity contribution in [1.29, 1.82) is 0 Å². The Hall–Kier alpha value is -9.58. The summed E-state index contributed by atoms with van der Waals surface area (Å²) in [5.41, 5.74) is 16.4. The maximum absolute atomic E-state index is 12.9. The molecule has 0 bridgehead atoms. The summed E-state index contributed by atoms with van der Waals surface area (Å²) < 4.78 is 38.7. The van der Waals surface area contributed by atoms with Gasteiger partial charge in [-0.1, -0.05) is 75.9 Å². The number of nitrogens with zero attached hydrogens (tertiary/aromatic N) is 17. The van der Waals surface area contributed by atoms with Crippen LogP contribution in [0, 0.1) is 13.8 Å². The van der Waals surface area contributed by atoms with Gasteiger partial charge in [-0.2, -0.15) is 28.2 Å². The molecule has 0 spiro atoms. The lowest BCUT2D eigenvalue weighted by Gasteiger charge is -2.34. The smallest absolute Gasteiger partial charge is 0.416 e. The van der Waals surface area contributed by atoms with Crippen molar-refractivity contribution in [3.05, 3.63) is 133 Å². The summed E-state index contributed by atoms with van der Waals surface area (Å²) in [4.78, 5) is 95.0. The van der Waals surface area contributed by atoms with Gasteiger partial charge in [-0.05, 0) is 78.9 Å². The number of aldehydes is 1. The highest BCUT2D eigenvalue weighted by molar-refractivity contribution is 7.19. The van der Waals surface area contributed by atoms with Gasteiger partial charge >= 0.3 is 24.1 Å². The maximum Gasteiger partial charge on any atom is 0.416 e. The molecule has 0 aliphatic carbocycles. The first-order valence-electron chi connectivity index (χ1n) is 27.5. The zero-order valence-corrected chi connectivity index (χ0v) is 52.3. The molecule has 36 heteroatoms. The number of hydrogen-bond donors (Lipinski definition) is 6. The van der Waals surface area contributed by atoms with Crippen molar-refractivity contribution in [3.8, 4) is 10.7 Å². The Kier molecular flexibility index (Phi) is 24.8. The number of aryl methyl sites for hydroxylation is 2. The SMILES string of the molecule is CN1CCN(c2ncc(/C(N)=N/N=NCC(=O)O)s2)CC1.Cc1cc(Cl)ccc1C(=O)N1CCN(c2ncc(-c3nnn(CC(=O)O)n3)s2)CC1.Cc1ccccc1C=O.N/C(=N\NCC(=O)O)c1cnc(N2CCN(C(=O)c3cccc(C(F)(F)F)c3)CC2)s1. The van der Waals surface area contributed by atoms with E-state index in [2.05, 4.69) is 78.1 Å². The number of amides is 2. The van der Waals surface area contributed by atoms with Gasteiger partial charge in [0.05, 0.1) is 38.8 Å². The molecule has 2 amide bonds. The summed E-state index contributed by atoms with van der Waals surface area (Å²) in [5, 5.41) is 54.6. The molecule has 3 aliphatic heterocycles. The molecule has 3 saturated heterocycles. The number of aromatic nitrogens is 7. The summed E-state index contributed by atoms with van der Waals surface area (Å²) in [6.45, 7) is 10.6. The van der Waals surface area contributed by atoms with Crippen LogP contribution in [0.5, 0.6) is 0 Å². The lowest BCUT2D eigenvalue weighted by molar-refractivity contribution is -0.138. The molecule has 8 N–H and O–H groups in total. The van der Waals surface area contributed by atoms with Crippen molar-refractivity contribution in [2.45, 2.75) is 26.6 Å². The largest absolute Gasteiger partial charge is 0.480 e. The summed E-state index contributed by atoms with van der Waals surface area (Å²) in [5.74, 6) is -3.00. The molecule has 0 radical (unpaired) electrons. The van der Waals surface area contributed by atoms with E-state index in [0.717, 1.165) is 76.3 Å². The number of likely N-dealkylation sites (N-methyl/N-ethyl adjacent to an activating group) is 1. The van der Waals surface area contributed by atoms with Crippen LogP contribution in [0.4, 0.5) is 28.6 Å². The van der Waals surface area contributed by atoms with Crippen LogP contribution in [0.1, 0.15) is 57.5 Å². The number of thiazole rings is 3. The minimum Gasteiger partial charge on any atom is -0.480 e. The number of aliphatic carboxylic acids is 3. The van der Waals surface area contributed by atoms with Crippen molar-refractivity contribution in [1.82, 2.24) is 55.3 Å². The summed E-state index contributed by atoms with van der Waals surface area (Å²) in [6, 6.07) is 17.2. The molecule has 0 atom stereocenters. The predicted octanol–water partition coefficient (Wildman–Crippen LogP) is 5.08. The Morgan fingerprint density at radius 1 is 0.692 bits per heavy atom. The minimum atomic E-state index is -4.51. The third kappa shape index (κ3) is 20.5. The summed E-state index contributed by atoms with van der Waals surface area (Å²) in [6.07, 6.45) is 1.17. The van der Waals surface area contributed by atoms with Gasteiger partial charge in [-0.3, -0.25) is 34.2 Å². The average molecular weight is 1340 g/mol. The first kappa shape index (κ1) is 68.9. The predicted molar refractivity (Wildman–Crippen MR) is 335 cm³/mol. The Labute approximate surface area is 534 Å². The molecule has 482 valence electrons. The van der Waals surface area contributed by atoms with Crippen LogP contribution in [-0.4, -0.2) is 212 Å². The maximum atomic E-state index is 12.9. The Morgan fingerprint density at radius 3 is 1.84 bits per heavy atom. The molecule has 0 unspecified atom stereocenters. The molecule has 3 aliphatic rings. The lowest BCUT2D eigenvalue weighted by atomic mass is 10.1. The molecule has 7 heterocycles. The fourth-order valence-electron chi connectivity index (χ4n) is 8.54. The van der Waals surface area contributed by atoms with Gasteiger partial charge in [0.15, 0.2) is 40.2 Å². The van der Waals surface area contributed by atoms with Gasteiger partial charge in [0, 0.05) is 100 Å². The Bertz CT molecular complexity index is 3740. The van der Waals surface area contributed by atoms with Gasteiger partial charge in [0.25, 0.3) is 11.8 Å². The van der Waals surface area contributed by atoms with Gasteiger partial charge in [-0.15, -0.1) is 15.3 Å². The van der Waals surface area contributed by atoms with Crippen LogP contribution in [0.2, 0.25) is 5.02 Å². The molecule has 7 aromatic rings. The van der Waals surface area contributed by atoms with E-state index >= 15 is 0 Å². The first-order valence-corrected chi connectivity index (χ1v) is 30.3. The number of hydrazone groups is 1. The second-order valence-corrected chi connectivity index (χ2v) is 23.4. The van der Waals surface area contributed by atoms with E-state index in [-0.39, 0.29) is 36.2 Å². The third-order valence-corrected chi connectivity index (χ3v) is 16.9. The number of benzene rings is 3. The fourth-order valence-corrected chi connectivity index (χ4v) is 11.4. The van der Waals surface area contributed by atoms with E-state index in [9.17, 15) is 41.9 Å². The van der Waals surface area contributed by atoms with Gasteiger partial charge < -0.3 is 56.2 Å². The number of carboxylic acids is 3. The molecule has 91 heavy (non-hydrogen) atoms. The van der Waals surface area contributed by atoms with Crippen LogP contribution in [0.3, 0.4) is 0 Å². The van der Waals surface area contributed by atoms with Crippen molar-refractivity contribution < 1.29 is 57.3 Å². The van der Waals surface area contributed by atoms with Gasteiger partial charge in [-0.25, -0.2) is 15.0 Å². The van der Waals surface area contributed by atoms with Crippen LogP contribution >= 0.6 is 45.6 Å². The monoisotopic (exact) mass is 1330 g/mol. The number of rotatable bonds is 17. The van der Waals surface area contributed by atoms with Crippen molar-refractivity contribution in [3.63, 3.8) is 0 Å². The highest BCUT2D eigenvalue weighted by Crippen LogP contribution is 2.32. The number of nitrogens with two attached hydrogens (primary N) is 2. The first-order chi connectivity index (χ1) is 43.4. The number of piperazine rings is 3. The quantitative estimate of drug-likeness (QED) is 0.0227. The van der Waals surface area contributed by atoms with E-state index in [1.165, 1.54) is 57.2 Å². The van der Waals surface area contributed by atoms with Crippen molar-refractivity contribution in [2.24, 2.45) is 32.0 Å². The highest BCUT2D eigenvalue weighted by Gasteiger charge is 2.32. The summed E-state index contributed by atoms with van der Waals surface area (Å²) >= 11 is 10.1. The molecule has 3 aromatic carbocycles. The standard InChI is InChI=1S/C18H18ClN7O3S.C18H19F3N6O3S.C11H17N7O2S.C8H8O/c1-11-8-12(19)2-3-13(11)17(29)24-4-6-25(7-5-24)18-20-9-14(30-18)16-21-23-26(22-16)10-15(27)28;19-18(20,21)12-3-1-2-11(8-12)16(30)26-4-6-27(7-5-26)17-23-9-13(31-17)15(22)25-24-10-14(28)29;1-17-2-4-18(5-3-17)11-13-6-8(21-11)10(12)15-16-14-7-9(19)20;1-7-4-2-3-5-8(7)6-9/h2-3,8-9H,4-7,10H2,1H3,(H,27,28);1-3,8-9,24H,4-7,10H2,(H2,22,25)(H,28,29);6H,2-5,7H2,1H3,(H,19,20)(H2,12,14,15);2-6H,1H3. The number of hydrogen-bond acceptors (Lipinski definition) is 23. The van der Waals surface area contributed by atoms with Gasteiger partial charge in [0.1, 0.15) is 12.8 Å². The van der Waals surface area contributed by atoms with Crippen molar-refractivity contribution >= 4 is 109 Å². The fraction of sp³-hybridized carbons (Fsp3) is 0.345. The molecule has 4 aromatic heterocycles. The number of halogens is 4. The van der Waals surface area contributed by atoms with Crippen LogP contribution < -0.4 is 31.6 Å². The van der Waals surface area contributed by atoms with E-state index in [1.807, 2.05) is 47.9 Å². The number of alkyl halides is 3. The van der Waals surface area contributed by atoms with Crippen LogP contribution in [0.25, 0.3) is 10.7 Å². The van der Waals surface area contributed by atoms with E-state index in [4.69, 9.17) is 38.4 Å².